The second-order valence-corrected chi connectivity index (χ2v) is 25.7. The van der Waals surface area contributed by atoms with Crippen LogP contribution in [0.2, 0.25) is 5.02 Å². The smallest absolute Gasteiger partial charge is 0.412 e. The van der Waals surface area contributed by atoms with Crippen molar-refractivity contribution in [3.63, 3.8) is 0 Å². The molecule has 2 aromatic rings. The van der Waals surface area contributed by atoms with Gasteiger partial charge in [-0.15, -0.1) is 0 Å². The van der Waals surface area contributed by atoms with E-state index in [0.29, 0.717) is 70.3 Å². The Balaban J connectivity index is 1.31. The van der Waals surface area contributed by atoms with Crippen LogP contribution in [-0.4, -0.2) is 131 Å². The van der Waals surface area contributed by atoms with E-state index < -0.39 is 89.0 Å². The minimum absolute atomic E-state index is 0.0189. The first-order valence-corrected chi connectivity index (χ1v) is 31.4. The number of aliphatic hydroxyl groups is 1. The molecule has 0 unspecified atom stereocenters. The number of rotatable bonds is 24. The summed E-state index contributed by atoms with van der Waals surface area (Å²) >= 11 is 13.5. The zero-order valence-corrected chi connectivity index (χ0v) is 54.3. The Kier molecular flexibility index (Phi) is 25.6. The van der Waals surface area contributed by atoms with Gasteiger partial charge in [0.05, 0.1) is 41.6 Å². The fraction of sp³-hybridized carbons (Fsp3) is 0.613. The van der Waals surface area contributed by atoms with Crippen LogP contribution in [0.5, 0.6) is 0 Å². The van der Waals surface area contributed by atoms with Gasteiger partial charge in [-0.1, -0.05) is 106 Å². The molecule has 5 rings (SSSR count). The molecular formula is C62H86Br2ClN5O14. The summed E-state index contributed by atoms with van der Waals surface area (Å²) in [6, 6.07) is 7.07. The largest absolute Gasteiger partial charge is 0.462 e. The number of amides is 5. The van der Waals surface area contributed by atoms with Gasteiger partial charge in [0.2, 0.25) is 11.8 Å². The van der Waals surface area contributed by atoms with Gasteiger partial charge in [0.25, 0.3) is 0 Å². The molecule has 464 valence electrons. The monoisotopic (exact) mass is 1320 g/mol. The van der Waals surface area contributed by atoms with E-state index in [9.17, 15) is 43.5 Å². The van der Waals surface area contributed by atoms with Gasteiger partial charge in [-0.3, -0.25) is 34.1 Å². The lowest BCUT2D eigenvalue weighted by Crippen LogP contribution is -2.53. The molecule has 4 bridgehead atoms. The number of carbonyl (C=O) groups is 8. The number of methoxy groups -OCH3 is 1. The minimum Gasteiger partial charge on any atom is -0.462 e. The molecule has 2 saturated heterocycles. The van der Waals surface area contributed by atoms with Crippen LogP contribution >= 0.6 is 43.5 Å². The number of nitrogens with two attached hydrogens (primary N) is 1. The summed E-state index contributed by atoms with van der Waals surface area (Å²) < 4.78 is 29.9. The first kappa shape index (κ1) is 69.6. The highest BCUT2D eigenvalue weighted by Gasteiger charge is 2.64. The third kappa shape index (κ3) is 19.4. The summed E-state index contributed by atoms with van der Waals surface area (Å²) in [5.41, 5.74) is 6.21. The zero-order valence-electron chi connectivity index (χ0n) is 50.3. The summed E-state index contributed by atoms with van der Waals surface area (Å²) in [7, 11) is 3.06. The van der Waals surface area contributed by atoms with Crippen LogP contribution in [0.25, 0.3) is 0 Å². The van der Waals surface area contributed by atoms with Crippen molar-refractivity contribution in [2.75, 3.05) is 41.6 Å². The molecule has 0 radical (unpaired) electrons. The van der Waals surface area contributed by atoms with Crippen molar-refractivity contribution in [2.45, 2.75) is 187 Å². The van der Waals surface area contributed by atoms with Gasteiger partial charge in [-0.25, -0.2) is 9.59 Å². The number of primary amides is 1. The van der Waals surface area contributed by atoms with E-state index in [4.69, 9.17) is 41.0 Å². The van der Waals surface area contributed by atoms with Gasteiger partial charge in [0.1, 0.15) is 40.9 Å². The number of aryl methyl sites for hydroxylation is 2. The normalized spacial score (nSPS) is 24.6. The van der Waals surface area contributed by atoms with Crippen LogP contribution < -0.4 is 26.6 Å². The number of ether oxygens (including phenoxy) is 5. The predicted molar refractivity (Wildman–Crippen MR) is 328 cm³/mol. The van der Waals surface area contributed by atoms with Crippen molar-refractivity contribution in [1.29, 1.82) is 0 Å². The zero-order chi connectivity index (χ0) is 62.4. The number of alkyl halides is 2. The number of hydrogen-bond donors (Lipinski definition) is 5. The third-order valence-electron chi connectivity index (χ3n) is 16.2. The number of hydrogen-bond acceptors (Lipinski definition) is 14. The standard InChI is InChI=1S/C62H86Br2ClN5O14/c1-35(2)44(29-43(71)17-12-13-22-60(7,8)84-57(76)42(33-63)34-64)56(75)68-46(18-15-23-67-58(66)77)48(72)28-40-20-21-45(37(4)25-40)69-59(78)82-51-30-52(73)70(10)47-27-41(26-38(5)54(47)65)24-36(3)16-14-19-50(80-11)62(79)31-49(81-53(74)32-62)39(6)55-61(51,9)83-55/h14,16,19-21,25-27,35,39,42,44,46,49-51,55,79H,12-13,15,17-18,22-24,28-34H2,1-11H3,(H,68,75)(H,69,78)(H3,66,67,77)/b19-14+,36-16+/t39-,44+,46+,49+,50-,51+,55+,61+,62-/m1/s1. The van der Waals surface area contributed by atoms with Crippen LogP contribution in [0.3, 0.4) is 0 Å². The SMILES string of the molecule is CO[C@@H]1/C=C/C=C(\C)Cc2cc(C)c(Cl)c(c2)N(C)C(=O)C[C@H](OC(=O)Nc2ccc(CC(=O)[C@H](CCCNC(N)=O)NC(=O)[C@@H](CC(=O)CCCCC(C)(C)OC(=O)C(CBr)CBr)C(C)C)cc2C)[C@]2(C)O[C@H]2[C@H](C)[C@@H]2C[C@@]1(O)CC(=O)O2. The van der Waals surface area contributed by atoms with E-state index in [1.807, 2.05) is 66.7 Å². The molecule has 19 nitrogen and oxygen atoms in total. The van der Waals surface area contributed by atoms with Crippen LogP contribution in [0.4, 0.5) is 21.0 Å². The van der Waals surface area contributed by atoms with Gasteiger partial charge in [0.15, 0.2) is 5.78 Å². The summed E-state index contributed by atoms with van der Waals surface area (Å²) in [6.45, 7) is 16.6. The summed E-state index contributed by atoms with van der Waals surface area (Å²) in [4.78, 5) is 109. The van der Waals surface area contributed by atoms with Crippen molar-refractivity contribution in [3.8, 4) is 0 Å². The number of nitrogens with one attached hydrogen (secondary N) is 3. The molecule has 2 aromatic carbocycles. The fourth-order valence-corrected chi connectivity index (χ4v) is 12.8. The number of unbranched alkanes of at least 4 members (excludes halogenated alkanes) is 1. The maximum Gasteiger partial charge on any atom is 0.412 e. The number of ketones is 2. The molecule has 0 aromatic heterocycles. The highest BCUT2D eigenvalue weighted by Crippen LogP contribution is 2.50. The maximum absolute atomic E-state index is 14.4. The quantitative estimate of drug-likeness (QED) is 0.0215. The summed E-state index contributed by atoms with van der Waals surface area (Å²) in [5, 5.41) is 21.5. The number of carbonyl (C=O) groups excluding carboxylic acids is 8. The maximum atomic E-state index is 14.4. The van der Waals surface area contributed by atoms with E-state index >= 15 is 0 Å². The number of halogens is 3. The minimum atomic E-state index is -1.62. The Bertz CT molecular complexity index is 2790. The van der Waals surface area contributed by atoms with Gasteiger partial charge >= 0.3 is 24.1 Å². The molecule has 5 amide bonds. The Hall–Kier alpha value is -5.19. The van der Waals surface area contributed by atoms with Crippen molar-refractivity contribution in [2.24, 2.45) is 29.4 Å². The second kappa shape index (κ2) is 30.9. The number of fused-ring (bicyclic) bond motifs is 5. The molecule has 9 atom stereocenters. The topological polar surface area (TPSA) is 272 Å². The molecular weight excluding hydrogens is 1230 g/mol. The molecule has 22 heteroatoms. The average molecular weight is 1320 g/mol. The van der Waals surface area contributed by atoms with Gasteiger partial charge in [-0.2, -0.15) is 0 Å². The molecule has 6 N–H and O–H groups in total. The lowest BCUT2D eigenvalue weighted by Gasteiger charge is -2.41. The second-order valence-electron chi connectivity index (χ2n) is 24.0. The first-order valence-electron chi connectivity index (χ1n) is 28.8. The molecule has 3 heterocycles. The van der Waals surface area contributed by atoms with E-state index in [-0.39, 0.29) is 80.9 Å². The van der Waals surface area contributed by atoms with Gasteiger partial charge in [0, 0.05) is 74.6 Å². The Morgan fingerprint density at radius 2 is 1.71 bits per heavy atom. The van der Waals surface area contributed by atoms with E-state index in [2.05, 4.69) is 47.8 Å². The Morgan fingerprint density at radius 3 is 2.36 bits per heavy atom. The number of anilines is 2. The van der Waals surface area contributed by atoms with E-state index in [1.54, 1.807) is 51.2 Å². The lowest BCUT2D eigenvalue weighted by atomic mass is 9.78. The molecule has 0 aliphatic carbocycles. The summed E-state index contributed by atoms with van der Waals surface area (Å²) in [5.74, 6) is -4.07. The van der Waals surface area contributed by atoms with Crippen LogP contribution in [0.15, 0.2) is 54.1 Å². The Morgan fingerprint density at radius 1 is 1.01 bits per heavy atom. The van der Waals surface area contributed by atoms with Crippen LogP contribution in [-0.2, 0) is 65.3 Å². The Labute approximate surface area is 516 Å². The van der Waals surface area contributed by atoms with Crippen molar-refractivity contribution in [1.82, 2.24) is 10.6 Å². The molecule has 2 fully saturated rings. The van der Waals surface area contributed by atoms with Crippen LogP contribution in [0, 0.1) is 37.5 Å². The molecule has 84 heavy (non-hydrogen) atoms. The predicted octanol–water partition coefficient (Wildman–Crippen LogP) is 9.80. The van der Waals surface area contributed by atoms with Gasteiger partial charge < -0.3 is 50.1 Å². The first-order chi connectivity index (χ1) is 39.4. The molecule has 0 saturated carbocycles. The highest BCUT2D eigenvalue weighted by molar-refractivity contribution is 9.09. The van der Waals surface area contributed by atoms with Gasteiger partial charge in [-0.05, 0) is 120 Å². The van der Waals surface area contributed by atoms with Crippen molar-refractivity contribution in [3.05, 3.63) is 81.4 Å². The number of nitrogens with zero attached hydrogens (tertiary/aromatic N) is 1. The van der Waals surface area contributed by atoms with E-state index in [1.165, 1.54) is 12.0 Å². The molecule has 3 aliphatic heterocycles. The number of epoxide rings is 1. The third-order valence-corrected chi connectivity index (χ3v) is 18.2. The highest BCUT2D eigenvalue weighted by atomic mass is 79.9. The van der Waals surface area contributed by atoms with E-state index in [0.717, 1.165) is 16.7 Å². The van der Waals surface area contributed by atoms with Crippen LogP contribution in [0.1, 0.15) is 135 Å². The lowest BCUT2D eigenvalue weighted by molar-refractivity contribution is -0.187. The number of urea groups is 1. The molecule has 3 aliphatic rings. The number of allylic oxidation sites excluding steroid dienone is 3. The number of esters is 2. The summed E-state index contributed by atoms with van der Waals surface area (Å²) in [6.07, 6.45) is 3.04. The van der Waals surface area contributed by atoms with Crippen molar-refractivity contribution < 1.29 is 67.1 Å². The number of Topliss-reactive ketones (excluding diaryl/α,β-unsaturated/α-hetero) is 2. The number of benzene rings is 2. The average Bonchev–Trinajstić information content (AvgIpc) is 1.73. The fourth-order valence-electron chi connectivity index (χ4n) is 11.0. The molecule has 0 spiro atoms. The van der Waals surface area contributed by atoms with Crippen molar-refractivity contribution >= 4 is 102 Å².